The van der Waals surface area contributed by atoms with Gasteiger partial charge in [-0.15, -0.1) is 0 Å². The summed E-state index contributed by atoms with van der Waals surface area (Å²) in [6.45, 7) is 8.20. The fourth-order valence-corrected chi connectivity index (χ4v) is 5.48. The molecule has 1 aliphatic rings. The molecule has 0 saturated carbocycles. The summed E-state index contributed by atoms with van der Waals surface area (Å²) >= 11 is 0. The Balaban J connectivity index is 1.61. The number of carbonyl (C=O) groups is 1. The van der Waals surface area contributed by atoms with Crippen molar-refractivity contribution in [1.29, 1.82) is 0 Å². The standard InChI is InChI=1S/C28H31FN2O4S/c1-19-5-12-23(13-6-19)36(33,34)31-18-26(27(32)30-16-15-20-7-10-22(29)11-8-20)35-25-14-9-21(17-24(25)31)28(2,3)4/h5-14,17,26H,15-16,18H2,1-4H3,(H,30,32). The van der Waals surface area contributed by atoms with E-state index in [2.05, 4.69) is 26.1 Å². The van der Waals surface area contributed by atoms with Crippen LogP contribution in [0.2, 0.25) is 0 Å². The van der Waals surface area contributed by atoms with Crippen molar-refractivity contribution in [3.8, 4) is 5.75 Å². The average Bonchev–Trinajstić information content (AvgIpc) is 2.83. The third-order valence-electron chi connectivity index (χ3n) is 6.22. The summed E-state index contributed by atoms with van der Waals surface area (Å²) in [4.78, 5) is 13.2. The molecule has 0 radical (unpaired) electrons. The van der Waals surface area contributed by atoms with E-state index in [0.29, 0.717) is 24.4 Å². The van der Waals surface area contributed by atoms with E-state index in [1.165, 1.54) is 16.4 Å². The van der Waals surface area contributed by atoms with Gasteiger partial charge in [0.25, 0.3) is 15.9 Å². The average molecular weight is 511 g/mol. The number of aryl methyl sites for hydroxylation is 1. The number of anilines is 1. The molecular weight excluding hydrogens is 479 g/mol. The highest BCUT2D eigenvalue weighted by molar-refractivity contribution is 7.92. The van der Waals surface area contributed by atoms with Crippen molar-refractivity contribution in [2.24, 2.45) is 0 Å². The topological polar surface area (TPSA) is 75.7 Å². The Bertz CT molecular complexity index is 1350. The molecule has 1 N–H and O–H groups in total. The van der Waals surface area contributed by atoms with Crippen molar-refractivity contribution in [2.45, 2.75) is 50.5 Å². The Morgan fingerprint density at radius 2 is 1.72 bits per heavy atom. The van der Waals surface area contributed by atoms with Crippen molar-refractivity contribution in [1.82, 2.24) is 5.32 Å². The Labute approximate surface area is 212 Å². The monoisotopic (exact) mass is 510 g/mol. The number of amides is 1. The lowest BCUT2D eigenvalue weighted by Crippen LogP contribution is -2.51. The summed E-state index contributed by atoms with van der Waals surface area (Å²) < 4.78 is 47.8. The van der Waals surface area contributed by atoms with Gasteiger partial charge >= 0.3 is 0 Å². The zero-order valence-corrected chi connectivity index (χ0v) is 21.7. The Kier molecular flexibility index (Phi) is 7.09. The molecule has 0 bridgehead atoms. The van der Waals surface area contributed by atoms with E-state index >= 15 is 0 Å². The predicted octanol–water partition coefficient (Wildman–Crippen LogP) is 4.75. The lowest BCUT2D eigenvalue weighted by molar-refractivity contribution is -0.127. The van der Waals surface area contributed by atoms with E-state index in [4.69, 9.17) is 4.74 Å². The van der Waals surface area contributed by atoms with Crippen LogP contribution in [0.1, 0.15) is 37.5 Å². The van der Waals surface area contributed by atoms with Gasteiger partial charge in [0.2, 0.25) is 0 Å². The maximum Gasteiger partial charge on any atom is 0.264 e. The highest BCUT2D eigenvalue weighted by atomic mass is 32.2. The van der Waals surface area contributed by atoms with Crippen LogP contribution in [0.15, 0.2) is 71.6 Å². The number of carbonyl (C=O) groups excluding carboxylic acids is 1. The number of ether oxygens (including phenoxy) is 1. The summed E-state index contributed by atoms with van der Waals surface area (Å²) in [7, 11) is -3.95. The number of nitrogens with one attached hydrogen (secondary N) is 1. The van der Waals surface area contributed by atoms with Crippen LogP contribution in [0.4, 0.5) is 10.1 Å². The fourth-order valence-electron chi connectivity index (χ4n) is 4.01. The van der Waals surface area contributed by atoms with Crippen LogP contribution < -0.4 is 14.4 Å². The normalized spacial score (nSPS) is 15.7. The van der Waals surface area contributed by atoms with Crippen LogP contribution in [-0.4, -0.2) is 33.5 Å². The van der Waals surface area contributed by atoms with Crippen LogP contribution in [-0.2, 0) is 26.7 Å². The number of fused-ring (bicyclic) bond motifs is 1. The van der Waals surface area contributed by atoms with Gasteiger partial charge in [-0.1, -0.05) is 56.7 Å². The predicted molar refractivity (Wildman–Crippen MR) is 138 cm³/mol. The van der Waals surface area contributed by atoms with E-state index in [9.17, 15) is 17.6 Å². The molecule has 190 valence electrons. The molecule has 4 rings (SSSR count). The van der Waals surface area contributed by atoms with Crippen LogP contribution in [0.5, 0.6) is 5.75 Å². The first-order valence-corrected chi connectivity index (χ1v) is 13.3. The molecule has 3 aromatic rings. The Morgan fingerprint density at radius 1 is 1.06 bits per heavy atom. The molecule has 0 saturated heterocycles. The third kappa shape index (κ3) is 5.54. The van der Waals surface area contributed by atoms with Gasteiger partial charge in [0.1, 0.15) is 11.6 Å². The molecule has 8 heteroatoms. The molecule has 1 amide bonds. The van der Waals surface area contributed by atoms with Gasteiger partial charge in [0.05, 0.1) is 17.1 Å². The van der Waals surface area contributed by atoms with Crippen molar-refractivity contribution in [2.75, 3.05) is 17.4 Å². The van der Waals surface area contributed by atoms with Gasteiger partial charge in [0, 0.05) is 6.54 Å². The number of sulfonamides is 1. The van der Waals surface area contributed by atoms with Crippen LogP contribution in [0.3, 0.4) is 0 Å². The highest BCUT2D eigenvalue weighted by Gasteiger charge is 2.38. The first-order valence-electron chi connectivity index (χ1n) is 11.9. The fraction of sp³-hybridized carbons (Fsp3) is 0.321. The van der Waals surface area contributed by atoms with Gasteiger partial charge in [-0.05, 0) is 66.3 Å². The Morgan fingerprint density at radius 3 is 2.36 bits per heavy atom. The van der Waals surface area contributed by atoms with Crippen molar-refractivity contribution >= 4 is 21.6 Å². The number of hydrogen-bond acceptors (Lipinski definition) is 4. The lowest BCUT2D eigenvalue weighted by Gasteiger charge is -2.36. The molecule has 0 fully saturated rings. The second-order valence-electron chi connectivity index (χ2n) is 10.1. The first kappa shape index (κ1) is 25.7. The number of benzene rings is 3. The van der Waals surface area contributed by atoms with Gasteiger partial charge in [0.15, 0.2) is 6.10 Å². The van der Waals surface area contributed by atoms with E-state index < -0.39 is 22.0 Å². The number of nitrogens with zero attached hydrogens (tertiary/aromatic N) is 1. The quantitative estimate of drug-likeness (QED) is 0.520. The molecule has 6 nitrogen and oxygen atoms in total. The SMILES string of the molecule is Cc1ccc(S(=O)(=O)N2CC(C(=O)NCCc3ccc(F)cc3)Oc3ccc(C(C)(C)C)cc32)cc1. The van der Waals surface area contributed by atoms with Crippen molar-refractivity contribution < 1.29 is 22.3 Å². The molecule has 36 heavy (non-hydrogen) atoms. The smallest absolute Gasteiger partial charge is 0.264 e. The highest BCUT2D eigenvalue weighted by Crippen LogP contribution is 2.40. The molecule has 0 aliphatic carbocycles. The zero-order valence-electron chi connectivity index (χ0n) is 20.9. The molecule has 0 spiro atoms. The van der Waals surface area contributed by atoms with Gasteiger partial charge in [-0.25, -0.2) is 12.8 Å². The first-order chi connectivity index (χ1) is 16.9. The van der Waals surface area contributed by atoms with Gasteiger partial charge in [-0.2, -0.15) is 0 Å². The maximum atomic E-state index is 13.7. The Hall–Kier alpha value is -3.39. The zero-order chi connectivity index (χ0) is 26.1. The molecular formula is C28H31FN2O4S. The number of rotatable bonds is 6. The third-order valence-corrected chi connectivity index (χ3v) is 8.02. The van der Waals surface area contributed by atoms with Crippen LogP contribution >= 0.6 is 0 Å². The summed E-state index contributed by atoms with van der Waals surface area (Å²) in [6, 6.07) is 18.2. The van der Waals surface area contributed by atoms with Gasteiger partial charge in [-0.3, -0.25) is 9.10 Å². The molecule has 0 aromatic heterocycles. The minimum Gasteiger partial charge on any atom is -0.476 e. The van der Waals surface area contributed by atoms with Crippen LogP contribution in [0.25, 0.3) is 0 Å². The van der Waals surface area contributed by atoms with E-state index in [1.54, 1.807) is 42.5 Å². The molecule has 1 atom stereocenters. The maximum absolute atomic E-state index is 13.7. The number of halogens is 1. The minimum atomic E-state index is -3.95. The van der Waals surface area contributed by atoms with E-state index in [-0.39, 0.29) is 22.7 Å². The minimum absolute atomic E-state index is 0.151. The van der Waals surface area contributed by atoms with Gasteiger partial charge < -0.3 is 10.1 Å². The molecule has 1 heterocycles. The lowest BCUT2D eigenvalue weighted by atomic mass is 9.86. The summed E-state index contributed by atoms with van der Waals surface area (Å²) in [5.41, 5.74) is 2.99. The second kappa shape index (κ2) is 9.93. The second-order valence-corrected chi connectivity index (χ2v) is 11.9. The van der Waals surface area contributed by atoms with Crippen molar-refractivity contribution in [3.63, 3.8) is 0 Å². The summed E-state index contributed by atoms with van der Waals surface area (Å²) in [5, 5.41) is 2.82. The largest absolute Gasteiger partial charge is 0.476 e. The van der Waals surface area contributed by atoms with E-state index in [0.717, 1.165) is 16.7 Å². The summed E-state index contributed by atoms with van der Waals surface area (Å²) in [5.74, 6) is -0.392. The molecule has 1 aliphatic heterocycles. The van der Waals surface area contributed by atoms with Crippen LogP contribution in [0, 0.1) is 12.7 Å². The van der Waals surface area contributed by atoms with E-state index in [1.807, 2.05) is 19.1 Å². The number of hydrogen-bond donors (Lipinski definition) is 1. The summed E-state index contributed by atoms with van der Waals surface area (Å²) in [6.07, 6.45) is -0.512. The molecule has 1 unspecified atom stereocenters. The molecule has 3 aromatic carbocycles. The van der Waals surface area contributed by atoms with Crippen molar-refractivity contribution in [3.05, 3.63) is 89.2 Å².